The fourth-order valence-electron chi connectivity index (χ4n) is 3.54. The summed E-state index contributed by atoms with van der Waals surface area (Å²) >= 11 is 0. The molecule has 3 rings (SSSR count). The molecule has 1 atom stereocenters. The number of carbonyl (C=O) groups excluding carboxylic acids is 1. The minimum atomic E-state index is -0.0259. The molecule has 1 N–H and O–H groups in total. The summed E-state index contributed by atoms with van der Waals surface area (Å²) in [6.45, 7) is 3.26. The van der Waals surface area contributed by atoms with Gasteiger partial charge in [0.05, 0.1) is 0 Å². The van der Waals surface area contributed by atoms with Crippen molar-refractivity contribution in [1.82, 2.24) is 10.2 Å². The number of hydrogen-bond donors (Lipinski definition) is 1. The van der Waals surface area contributed by atoms with Gasteiger partial charge < -0.3 is 5.32 Å². The second kappa shape index (κ2) is 8.11. The summed E-state index contributed by atoms with van der Waals surface area (Å²) in [6.07, 6.45) is 3.74. The highest BCUT2D eigenvalue weighted by Gasteiger charge is 2.18. The van der Waals surface area contributed by atoms with E-state index < -0.39 is 0 Å². The standard InChI is InChI=1S/C21H26N2O/c1-22-21(24)20-11-9-17(10-12-20)16-23-14-5-8-19(13-15-23)18-6-3-2-4-7-18/h2-4,6-7,9-12,19H,5,8,13-16H2,1H3,(H,22,24)/t19-/m0/s1. The maximum Gasteiger partial charge on any atom is 0.251 e. The van der Waals surface area contributed by atoms with Crippen LogP contribution in [0.15, 0.2) is 54.6 Å². The third-order valence-corrected chi connectivity index (χ3v) is 4.94. The van der Waals surface area contributed by atoms with E-state index in [2.05, 4.69) is 52.7 Å². The predicted molar refractivity (Wildman–Crippen MR) is 98.1 cm³/mol. The maximum atomic E-state index is 11.6. The van der Waals surface area contributed by atoms with Gasteiger partial charge in [-0.3, -0.25) is 9.69 Å². The topological polar surface area (TPSA) is 32.3 Å². The van der Waals surface area contributed by atoms with Crippen LogP contribution in [0.1, 0.15) is 46.7 Å². The monoisotopic (exact) mass is 322 g/mol. The Morgan fingerprint density at radius 1 is 1.04 bits per heavy atom. The average Bonchev–Trinajstić information content (AvgIpc) is 2.88. The first-order valence-electron chi connectivity index (χ1n) is 8.84. The molecule has 0 radical (unpaired) electrons. The summed E-state index contributed by atoms with van der Waals surface area (Å²) in [6, 6.07) is 18.9. The Morgan fingerprint density at radius 2 is 1.79 bits per heavy atom. The van der Waals surface area contributed by atoms with E-state index in [9.17, 15) is 4.79 Å². The van der Waals surface area contributed by atoms with Gasteiger partial charge >= 0.3 is 0 Å². The molecule has 1 saturated heterocycles. The molecule has 1 fully saturated rings. The lowest BCUT2D eigenvalue weighted by molar-refractivity contribution is 0.0963. The quantitative estimate of drug-likeness (QED) is 0.928. The van der Waals surface area contributed by atoms with E-state index in [4.69, 9.17) is 0 Å². The molecule has 1 heterocycles. The molecule has 0 bridgehead atoms. The van der Waals surface area contributed by atoms with Crippen LogP contribution < -0.4 is 5.32 Å². The Balaban J connectivity index is 1.57. The molecule has 2 aromatic carbocycles. The lowest BCUT2D eigenvalue weighted by Crippen LogP contribution is -2.24. The number of rotatable bonds is 4. The first kappa shape index (κ1) is 16.7. The van der Waals surface area contributed by atoms with E-state index in [0.717, 1.165) is 25.2 Å². The van der Waals surface area contributed by atoms with Crippen molar-refractivity contribution in [2.75, 3.05) is 20.1 Å². The van der Waals surface area contributed by atoms with E-state index in [0.29, 0.717) is 5.92 Å². The molecule has 1 aliphatic rings. The molecule has 0 aromatic heterocycles. The zero-order chi connectivity index (χ0) is 16.8. The number of nitrogens with zero attached hydrogens (tertiary/aromatic N) is 1. The summed E-state index contributed by atoms with van der Waals surface area (Å²) in [5, 5.41) is 2.66. The van der Waals surface area contributed by atoms with Gasteiger partial charge in [0, 0.05) is 19.2 Å². The van der Waals surface area contributed by atoms with Gasteiger partial charge in [-0.25, -0.2) is 0 Å². The van der Waals surface area contributed by atoms with Crippen LogP contribution in [0.3, 0.4) is 0 Å². The van der Waals surface area contributed by atoms with Crippen LogP contribution >= 0.6 is 0 Å². The predicted octanol–water partition coefficient (Wildman–Crippen LogP) is 3.82. The molecule has 3 heteroatoms. The van der Waals surface area contributed by atoms with E-state index in [1.54, 1.807) is 7.05 Å². The molecule has 24 heavy (non-hydrogen) atoms. The van der Waals surface area contributed by atoms with Crippen molar-refractivity contribution >= 4 is 5.91 Å². The molecule has 1 amide bonds. The van der Waals surface area contributed by atoms with Crippen LogP contribution in [-0.4, -0.2) is 30.9 Å². The Bertz CT molecular complexity index is 651. The van der Waals surface area contributed by atoms with Gasteiger partial charge in [-0.2, -0.15) is 0 Å². The van der Waals surface area contributed by atoms with Gasteiger partial charge in [0.15, 0.2) is 0 Å². The third kappa shape index (κ3) is 4.24. The SMILES string of the molecule is CNC(=O)c1ccc(CN2CCC[C@H](c3ccccc3)CC2)cc1. The first-order chi connectivity index (χ1) is 11.8. The largest absolute Gasteiger partial charge is 0.355 e. The van der Waals surface area contributed by atoms with E-state index >= 15 is 0 Å². The van der Waals surface area contributed by atoms with Crippen LogP contribution in [0.25, 0.3) is 0 Å². The second-order valence-electron chi connectivity index (χ2n) is 6.59. The highest BCUT2D eigenvalue weighted by molar-refractivity contribution is 5.93. The summed E-state index contributed by atoms with van der Waals surface area (Å²) < 4.78 is 0. The molecular formula is C21H26N2O. The van der Waals surface area contributed by atoms with Crippen molar-refractivity contribution in [3.8, 4) is 0 Å². The molecular weight excluding hydrogens is 296 g/mol. The molecule has 3 nitrogen and oxygen atoms in total. The van der Waals surface area contributed by atoms with E-state index in [1.807, 2.05) is 12.1 Å². The van der Waals surface area contributed by atoms with E-state index in [1.165, 1.54) is 30.4 Å². The molecule has 0 spiro atoms. The van der Waals surface area contributed by atoms with E-state index in [-0.39, 0.29) is 5.91 Å². The maximum absolute atomic E-state index is 11.6. The lowest BCUT2D eigenvalue weighted by Gasteiger charge is -2.20. The zero-order valence-corrected chi connectivity index (χ0v) is 14.4. The Labute approximate surface area is 144 Å². The molecule has 2 aromatic rings. The summed E-state index contributed by atoms with van der Waals surface area (Å²) in [4.78, 5) is 14.1. The van der Waals surface area contributed by atoms with Crippen LogP contribution in [-0.2, 0) is 6.54 Å². The van der Waals surface area contributed by atoms with Crippen molar-refractivity contribution in [3.05, 3.63) is 71.3 Å². The minimum absolute atomic E-state index is 0.0259. The van der Waals surface area contributed by atoms with Gasteiger partial charge in [-0.1, -0.05) is 42.5 Å². The molecule has 0 unspecified atom stereocenters. The fourth-order valence-corrected chi connectivity index (χ4v) is 3.54. The van der Waals surface area contributed by atoms with Crippen molar-refractivity contribution in [1.29, 1.82) is 0 Å². The number of hydrogen-bond acceptors (Lipinski definition) is 2. The second-order valence-corrected chi connectivity index (χ2v) is 6.59. The fraction of sp³-hybridized carbons (Fsp3) is 0.381. The smallest absolute Gasteiger partial charge is 0.251 e. The van der Waals surface area contributed by atoms with Crippen molar-refractivity contribution in [2.45, 2.75) is 31.7 Å². The van der Waals surface area contributed by atoms with Gasteiger partial charge in [-0.15, -0.1) is 0 Å². The van der Waals surface area contributed by atoms with Gasteiger partial charge in [0.1, 0.15) is 0 Å². The van der Waals surface area contributed by atoms with Crippen molar-refractivity contribution in [2.24, 2.45) is 0 Å². The lowest BCUT2D eigenvalue weighted by atomic mass is 9.92. The minimum Gasteiger partial charge on any atom is -0.355 e. The Hall–Kier alpha value is -2.13. The van der Waals surface area contributed by atoms with Gasteiger partial charge in [0.2, 0.25) is 0 Å². The highest BCUT2D eigenvalue weighted by Crippen LogP contribution is 2.28. The Kier molecular flexibility index (Phi) is 5.65. The van der Waals surface area contributed by atoms with Crippen LogP contribution in [0.5, 0.6) is 0 Å². The van der Waals surface area contributed by atoms with Crippen molar-refractivity contribution < 1.29 is 4.79 Å². The van der Waals surface area contributed by atoms with Crippen molar-refractivity contribution in [3.63, 3.8) is 0 Å². The van der Waals surface area contributed by atoms with Gasteiger partial charge in [-0.05, 0) is 61.5 Å². The summed E-state index contributed by atoms with van der Waals surface area (Å²) in [5.41, 5.74) is 3.48. The van der Waals surface area contributed by atoms with Crippen LogP contribution in [0.2, 0.25) is 0 Å². The number of carbonyl (C=O) groups is 1. The number of amides is 1. The third-order valence-electron chi connectivity index (χ3n) is 4.94. The molecule has 0 saturated carbocycles. The Morgan fingerprint density at radius 3 is 2.50 bits per heavy atom. The first-order valence-corrected chi connectivity index (χ1v) is 8.84. The molecule has 126 valence electrons. The highest BCUT2D eigenvalue weighted by atomic mass is 16.1. The normalized spacial score (nSPS) is 18.8. The van der Waals surface area contributed by atoms with Crippen LogP contribution in [0.4, 0.5) is 0 Å². The van der Waals surface area contributed by atoms with Gasteiger partial charge in [0.25, 0.3) is 5.91 Å². The number of benzene rings is 2. The summed E-state index contributed by atoms with van der Waals surface area (Å²) in [5.74, 6) is 0.661. The number of nitrogens with one attached hydrogen (secondary N) is 1. The van der Waals surface area contributed by atoms with Crippen LogP contribution in [0, 0.1) is 0 Å². The number of likely N-dealkylation sites (tertiary alicyclic amines) is 1. The molecule has 1 aliphatic heterocycles. The summed E-state index contributed by atoms with van der Waals surface area (Å²) in [7, 11) is 1.66. The zero-order valence-electron chi connectivity index (χ0n) is 14.4. The molecule has 0 aliphatic carbocycles. The average molecular weight is 322 g/mol.